The summed E-state index contributed by atoms with van der Waals surface area (Å²) in [4.78, 5) is 36.1. The van der Waals surface area contributed by atoms with Crippen molar-refractivity contribution in [2.45, 2.75) is 161 Å². The summed E-state index contributed by atoms with van der Waals surface area (Å²) in [5.74, 6) is -1.38. The fraction of sp³-hybridized carbons (Fsp3) is 0.578. The maximum atomic E-state index is 12.7. The number of nitrogens with two attached hydrogens (primary N) is 1. The lowest BCUT2D eigenvalue weighted by Crippen LogP contribution is -2.40. The third kappa shape index (κ3) is 34.7. The number of allylic oxidation sites excluding steroid dienone is 15. The number of carboxylic acids is 1. The van der Waals surface area contributed by atoms with Gasteiger partial charge in [-0.3, -0.25) is 9.59 Å². The molecule has 0 aliphatic rings. The Bertz CT molecular complexity index is 1130. The topological polar surface area (TPSA) is 119 Å². The second-order valence-electron chi connectivity index (χ2n) is 12.9. The SMILES string of the molecule is CC/C=C\C/C=C\C/C=C\C/C=C\C/C=C\CCCC(=O)OC(/C=C\C/C=C\C/C=C\CC)CCCCCCCCC(=O)NC(CCCN)C(=O)O. The van der Waals surface area contributed by atoms with Gasteiger partial charge >= 0.3 is 11.9 Å². The number of nitrogens with one attached hydrogen (secondary N) is 1. The van der Waals surface area contributed by atoms with Gasteiger partial charge in [0.2, 0.25) is 5.91 Å². The Labute approximate surface area is 317 Å². The van der Waals surface area contributed by atoms with Gasteiger partial charge in [-0.05, 0) is 109 Å². The van der Waals surface area contributed by atoms with Crippen LogP contribution in [0.25, 0.3) is 0 Å². The number of hydrogen-bond donors (Lipinski definition) is 3. The van der Waals surface area contributed by atoms with Gasteiger partial charge in [0.05, 0.1) is 0 Å². The van der Waals surface area contributed by atoms with Gasteiger partial charge in [-0.25, -0.2) is 4.79 Å². The summed E-state index contributed by atoms with van der Waals surface area (Å²) in [6, 6.07) is -0.866. The summed E-state index contributed by atoms with van der Waals surface area (Å²) in [5.41, 5.74) is 5.46. The lowest BCUT2D eigenvalue weighted by atomic mass is 10.0. The first kappa shape index (κ1) is 48.3. The normalized spacial score (nSPS) is 13.8. The molecular weight excluding hydrogens is 649 g/mol. The Morgan fingerprint density at radius 1 is 0.577 bits per heavy atom. The van der Waals surface area contributed by atoms with Crippen molar-refractivity contribution >= 4 is 17.8 Å². The van der Waals surface area contributed by atoms with Crippen molar-refractivity contribution in [2.24, 2.45) is 5.73 Å². The number of unbranched alkanes of at least 4 members (excludes halogenated alkanes) is 6. The third-order valence-electron chi connectivity index (χ3n) is 8.13. The van der Waals surface area contributed by atoms with Gasteiger partial charge in [0.1, 0.15) is 12.1 Å². The minimum atomic E-state index is -1.02. The molecule has 0 fully saturated rings. The summed E-state index contributed by atoms with van der Waals surface area (Å²) in [5, 5.41) is 11.9. The zero-order chi connectivity index (χ0) is 38.2. The molecular formula is C45H72N2O5. The van der Waals surface area contributed by atoms with Crippen molar-refractivity contribution in [3.05, 3.63) is 97.2 Å². The van der Waals surface area contributed by atoms with Gasteiger partial charge in [-0.2, -0.15) is 0 Å². The number of aliphatic carboxylic acids is 1. The summed E-state index contributed by atoms with van der Waals surface area (Å²) in [6.07, 6.45) is 51.9. The van der Waals surface area contributed by atoms with Crippen LogP contribution in [0, 0.1) is 0 Å². The van der Waals surface area contributed by atoms with Crippen LogP contribution in [0.5, 0.6) is 0 Å². The third-order valence-corrected chi connectivity index (χ3v) is 8.13. The smallest absolute Gasteiger partial charge is 0.326 e. The first-order chi connectivity index (χ1) is 25.4. The zero-order valence-electron chi connectivity index (χ0n) is 32.6. The quantitative estimate of drug-likeness (QED) is 0.0346. The summed E-state index contributed by atoms with van der Waals surface area (Å²) in [6.45, 7) is 4.68. The van der Waals surface area contributed by atoms with E-state index in [1.807, 2.05) is 6.08 Å². The molecule has 0 aromatic rings. The minimum absolute atomic E-state index is 0.145. The fourth-order valence-electron chi connectivity index (χ4n) is 5.18. The van der Waals surface area contributed by atoms with E-state index in [0.29, 0.717) is 32.2 Å². The van der Waals surface area contributed by atoms with Crippen molar-refractivity contribution in [3.8, 4) is 0 Å². The predicted octanol–water partition coefficient (Wildman–Crippen LogP) is 11.1. The summed E-state index contributed by atoms with van der Waals surface area (Å²) < 4.78 is 5.88. The van der Waals surface area contributed by atoms with Gasteiger partial charge in [0, 0.05) is 12.8 Å². The monoisotopic (exact) mass is 721 g/mol. The van der Waals surface area contributed by atoms with Crippen molar-refractivity contribution < 1.29 is 24.2 Å². The molecule has 7 nitrogen and oxygen atoms in total. The highest BCUT2D eigenvalue weighted by molar-refractivity contribution is 5.83. The van der Waals surface area contributed by atoms with Crippen molar-refractivity contribution in [2.75, 3.05) is 6.54 Å². The largest absolute Gasteiger partial charge is 0.480 e. The highest BCUT2D eigenvalue weighted by Crippen LogP contribution is 2.14. The molecule has 2 atom stereocenters. The lowest BCUT2D eigenvalue weighted by molar-refractivity contribution is -0.147. The van der Waals surface area contributed by atoms with Crippen LogP contribution in [0.3, 0.4) is 0 Å². The number of carbonyl (C=O) groups is 3. The standard InChI is InChI=1S/C45H72N2O5/c1-3-5-7-9-11-13-14-15-16-17-18-19-20-21-23-29-33-39-44(49)52-41(35-30-26-22-12-10-8-6-4-2)36-31-27-24-25-28-32-38-43(48)47-42(45(50)51)37-34-40-46/h5-8,11-13,15-16,18-19,21-23,30,35,41-42H,3-4,9-10,14,17,20,24-29,31-34,36-40,46H2,1-2H3,(H,47,48)(H,50,51)/b7-5-,8-6-,13-11-,16-15-,19-18-,22-12-,23-21-,35-30-. The molecule has 0 rings (SSSR count). The van der Waals surface area contributed by atoms with Crippen LogP contribution in [0.4, 0.5) is 0 Å². The molecule has 0 radical (unpaired) electrons. The number of carbonyl (C=O) groups excluding carboxylic acids is 2. The van der Waals surface area contributed by atoms with E-state index < -0.39 is 12.0 Å². The molecule has 7 heteroatoms. The molecule has 0 aliphatic heterocycles. The van der Waals surface area contributed by atoms with Crippen LogP contribution < -0.4 is 11.1 Å². The molecule has 292 valence electrons. The summed E-state index contributed by atoms with van der Waals surface area (Å²) in [7, 11) is 0. The van der Waals surface area contributed by atoms with Crippen LogP contribution in [-0.4, -0.2) is 41.6 Å². The van der Waals surface area contributed by atoms with E-state index in [-0.39, 0.29) is 18.0 Å². The number of ether oxygens (including phenoxy) is 1. The molecule has 0 saturated carbocycles. The van der Waals surface area contributed by atoms with Crippen molar-refractivity contribution in [3.63, 3.8) is 0 Å². The maximum absolute atomic E-state index is 12.7. The van der Waals surface area contributed by atoms with Gasteiger partial charge in [0.25, 0.3) is 0 Å². The van der Waals surface area contributed by atoms with E-state index in [4.69, 9.17) is 10.5 Å². The lowest BCUT2D eigenvalue weighted by Gasteiger charge is -2.15. The molecule has 1 amide bonds. The van der Waals surface area contributed by atoms with E-state index in [2.05, 4.69) is 110 Å². The van der Waals surface area contributed by atoms with Crippen LogP contribution in [0.2, 0.25) is 0 Å². The molecule has 0 heterocycles. The number of hydrogen-bond acceptors (Lipinski definition) is 5. The van der Waals surface area contributed by atoms with Crippen molar-refractivity contribution in [1.82, 2.24) is 5.32 Å². The fourth-order valence-corrected chi connectivity index (χ4v) is 5.18. The molecule has 0 saturated heterocycles. The van der Waals surface area contributed by atoms with E-state index in [1.165, 1.54) is 0 Å². The van der Waals surface area contributed by atoms with Crippen LogP contribution in [0.15, 0.2) is 97.2 Å². The Kier molecular flexibility index (Phi) is 35.8. The first-order valence-electron chi connectivity index (χ1n) is 20.1. The zero-order valence-corrected chi connectivity index (χ0v) is 32.6. The van der Waals surface area contributed by atoms with Crippen LogP contribution in [-0.2, 0) is 19.1 Å². The first-order valence-corrected chi connectivity index (χ1v) is 20.1. The molecule has 0 spiro atoms. The molecule has 52 heavy (non-hydrogen) atoms. The number of esters is 1. The summed E-state index contributed by atoms with van der Waals surface area (Å²) >= 11 is 0. The van der Waals surface area contributed by atoms with Crippen LogP contribution in [0.1, 0.15) is 149 Å². The second kappa shape index (κ2) is 38.5. The Morgan fingerprint density at radius 2 is 1.06 bits per heavy atom. The molecule has 0 bridgehead atoms. The van der Waals surface area contributed by atoms with Crippen LogP contribution >= 0.6 is 0 Å². The van der Waals surface area contributed by atoms with Gasteiger partial charge < -0.3 is 20.9 Å². The Morgan fingerprint density at radius 3 is 1.58 bits per heavy atom. The average Bonchev–Trinajstić information content (AvgIpc) is 3.13. The van der Waals surface area contributed by atoms with Gasteiger partial charge in [-0.15, -0.1) is 0 Å². The Balaban J connectivity index is 4.43. The predicted molar refractivity (Wildman–Crippen MR) is 220 cm³/mol. The maximum Gasteiger partial charge on any atom is 0.326 e. The number of rotatable bonds is 34. The molecule has 0 aromatic carbocycles. The van der Waals surface area contributed by atoms with E-state index >= 15 is 0 Å². The minimum Gasteiger partial charge on any atom is -0.480 e. The number of carboxylic acid groups (broad SMARTS) is 1. The average molecular weight is 721 g/mol. The van der Waals surface area contributed by atoms with Gasteiger partial charge in [0.15, 0.2) is 0 Å². The number of amides is 1. The van der Waals surface area contributed by atoms with Gasteiger partial charge in [-0.1, -0.05) is 131 Å². The molecule has 0 aromatic heterocycles. The van der Waals surface area contributed by atoms with E-state index in [1.54, 1.807) is 0 Å². The highest BCUT2D eigenvalue weighted by atomic mass is 16.5. The molecule has 4 N–H and O–H groups in total. The molecule has 0 aliphatic carbocycles. The van der Waals surface area contributed by atoms with E-state index in [9.17, 15) is 19.5 Å². The van der Waals surface area contributed by atoms with E-state index in [0.717, 1.165) is 109 Å². The highest BCUT2D eigenvalue weighted by Gasteiger charge is 2.18. The second-order valence-corrected chi connectivity index (χ2v) is 12.9. The molecule has 2 unspecified atom stereocenters. The Hall–Kier alpha value is -3.71. The van der Waals surface area contributed by atoms with Crippen molar-refractivity contribution in [1.29, 1.82) is 0 Å².